The van der Waals surface area contributed by atoms with Gasteiger partial charge in [-0.05, 0) is 63.1 Å². The first-order chi connectivity index (χ1) is 10.8. The van der Waals surface area contributed by atoms with E-state index in [0.717, 1.165) is 44.9 Å². The number of carbonyl (C=O) groups is 1. The van der Waals surface area contributed by atoms with Crippen molar-refractivity contribution in [3.63, 3.8) is 0 Å². The van der Waals surface area contributed by atoms with E-state index in [1.54, 1.807) is 0 Å². The molecule has 1 N–H and O–H groups in total. The van der Waals surface area contributed by atoms with Gasteiger partial charge in [0.15, 0.2) is 0 Å². The lowest BCUT2D eigenvalue weighted by atomic mass is 9.89. The fourth-order valence-corrected chi connectivity index (χ4v) is 3.78. The van der Waals surface area contributed by atoms with Crippen molar-refractivity contribution in [3.05, 3.63) is 35.9 Å². The van der Waals surface area contributed by atoms with Crippen molar-refractivity contribution < 1.29 is 4.79 Å². The van der Waals surface area contributed by atoms with E-state index in [1.165, 1.54) is 31.2 Å². The van der Waals surface area contributed by atoms with Crippen molar-refractivity contribution in [2.24, 2.45) is 11.8 Å². The van der Waals surface area contributed by atoms with Crippen molar-refractivity contribution in [2.45, 2.75) is 38.5 Å². The first-order valence-electron chi connectivity index (χ1n) is 8.86. The molecule has 2 saturated heterocycles. The lowest BCUT2D eigenvalue weighted by molar-refractivity contribution is -0.137. The van der Waals surface area contributed by atoms with Gasteiger partial charge in [-0.2, -0.15) is 0 Å². The second-order valence-corrected chi connectivity index (χ2v) is 6.82. The normalized spacial score (nSPS) is 20.1. The molecule has 1 aromatic carbocycles. The number of rotatable bonds is 4. The molecule has 23 heavy (non-hydrogen) atoms. The second-order valence-electron chi connectivity index (χ2n) is 6.82. The molecule has 128 valence electrons. The van der Waals surface area contributed by atoms with E-state index in [2.05, 4.69) is 40.5 Å². The Balaban J connectivity index is 0.00000192. The van der Waals surface area contributed by atoms with Gasteiger partial charge in [0.2, 0.25) is 5.91 Å². The molecule has 3 nitrogen and oxygen atoms in total. The van der Waals surface area contributed by atoms with Crippen LogP contribution in [0.1, 0.15) is 37.7 Å². The summed E-state index contributed by atoms with van der Waals surface area (Å²) in [5.41, 5.74) is 1.44. The molecule has 2 aliphatic heterocycles. The van der Waals surface area contributed by atoms with E-state index in [1.807, 2.05) is 0 Å². The van der Waals surface area contributed by atoms with Gasteiger partial charge in [0.05, 0.1) is 0 Å². The average Bonchev–Trinajstić information content (AvgIpc) is 2.61. The number of halogens is 1. The molecule has 0 spiro atoms. The summed E-state index contributed by atoms with van der Waals surface area (Å²) in [6.45, 7) is 3.96. The number of nitrogens with zero attached hydrogens (tertiary/aromatic N) is 1. The van der Waals surface area contributed by atoms with Crippen LogP contribution in [0.5, 0.6) is 0 Å². The number of hydrogen-bond acceptors (Lipinski definition) is 2. The van der Waals surface area contributed by atoms with Crippen LogP contribution < -0.4 is 5.32 Å². The van der Waals surface area contributed by atoms with E-state index in [0.29, 0.717) is 5.91 Å². The largest absolute Gasteiger partial charge is 0.342 e. The molecule has 0 bridgehead atoms. The third-order valence-electron chi connectivity index (χ3n) is 5.30. The maximum atomic E-state index is 12.5. The van der Waals surface area contributed by atoms with Gasteiger partial charge in [-0.3, -0.25) is 4.79 Å². The molecule has 2 fully saturated rings. The summed E-state index contributed by atoms with van der Waals surface area (Å²) in [5.74, 6) is 1.49. The van der Waals surface area contributed by atoms with Crippen molar-refractivity contribution >= 4 is 18.3 Å². The van der Waals surface area contributed by atoms with Gasteiger partial charge in [-0.1, -0.05) is 30.3 Å². The Kier molecular flexibility index (Phi) is 7.38. The van der Waals surface area contributed by atoms with E-state index in [4.69, 9.17) is 0 Å². The highest BCUT2D eigenvalue weighted by molar-refractivity contribution is 5.85. The zero-order valence-electron chi connectivity index (χ0n) is 13.9. The average molecular weight is 337 g/mol. The summed E-state index contributed by atoms with van der Waals surface area (Å²) in [4.78, 5) is 14.7. The zero-order valence-corrected chi connectivity index (χ0v) is 14.7. The molecular formula is C19H29ClN2O. The first-order valence-corrected chi connectivity index (χ1v) is 8.86. The molecule has 1 aromatic rings. The Morgan fingerprint density at radius 1 is 1.04 bits per heavy atom. The molecule has 3 rings (SSSR count). The minimum Gasteiger partial charge on any atom is -0.342 e. The number of benzene rings is 1. The summed E-state index contributed by atoms with van der Waals surface area (Å²) in [6, 6.07) is 10.8. The summed E-state index contributed by atoms with van der Waals surface area (Å²) in [7, 11) is 0. The quantitative estimate of drug-likeness (QED) is 0.915. The van der Waals surface area contributed by atoms with Gasteiger partial charge >= 0.3 is 0 Å². The standard InChI is InChI=1S/C19H28N2O.ClH/c22-19(18-8-12-20-13-9-18)21-14-10-17(11-15-21)7-6-16-4-2-1-3-5-16;/h1-5,17-18,20H,6-15H2;1H. The predicted molar refractivity (Wildman–Crippen MR) is 96.9 cm³/mol. The topological polar surface area (TPSA) is 32.3 Å². The maximum Gasteiger partial charge on any atom is 0.225 e. The monoisotopic (exact) mass is 336 g/mol. The van der Waals surface area contributed by atoms with Gasteiger partial charge in [-0.15, -0.1) is 12.4 Å². The fraction of sp³-hybridized carbons (Fsp3) is 0.632. The van der Waals surface area contributed by atoms with E-state index < -0.39 is 0 Å². The lowest BCUT2D eigenvalue weighted by Crippen LogP contribution is -2.44. The highest BCUT2D eigenvalue weighted by Gasteiger charge is 2.28. The summed E-state index contributed by atoms with van der Waals surface area (Å²) >= 11 is 0. The molecule has 2 heterocycles. The number of amides is 1. The van der Waals surface area contributed by atoms with Gasteiger partial charge in [0.25, 0.3) is 0 Å². The Morgan fingerprint density at radius 3 is 2.35 bits per heavy atom. The highest BCUT2D eigenvalue weighted by atomic mass is 35.5. The van der Waals surface area contributed by atoms with Crippen LogP contribution in [-0.4, -0.2) is 37.0 Å². The van der Waals surface area contributed by atoms with Crippen LogP contribution in [0.4, 0.5) is 0 Å². The van der Waals surface area contributed by atoms with Crippen LogP contribution in [0.3, 0.4) is 0 Å². The van der Waals surface area contributed by atoms with Crippen molar-refractivity contribution in [3.8, 4) is 0 Å². The number of nitrogens with one attached hydrogen (secondary N) is 1. The highest BCUT2D eigenvalue weighted by Crippen LogP contribution is 2.25. The first kappa shape index (κ1) is 18.3. The maximum absolute atomic E-state index is 12.5. The molecule has 4 heteroatoms. The summed E-state index contributed by atoms with van der Waals surface area (Å²) in [5, 5.41) is 3.34. The molecule has 0 radical (unpaired) electrons. The molecule has 0 atom stereocenters. The molecule has 0 aliphatic carbocycles. The molecule has 0 unspecified atom stereocenters. The third-order valence-corrected chi connectivity index (χ3v) is 5.30. The Labute approximate surface area is 146 Å². The van der Waals surface area contributed by atoms with Gasteiger partial charge in [0.1, 0.15) is 0 Å². The van der Waals surface area contributed by atoms with Crippen LogP contribution in [0, 0.1) is 11.8 Å². The minimum absolute atomic E-state index is 0. The Hall–Kier alpha value is -1.06. The SMILES string of the molecule is Cl.O=C(C1CCNCC1)N1CCC(CCc2ccccc2)CC1. The number of hydrogen-bond donors (Lipinski definition) is 1. The predicted octanol–water partition coefficient (Wildman–Crippen LogP) is 3.28. The van der Waals surface area contributed by atoms with Crippen LogP contribution in [0.15, 0.2) is 30.3 Å². The van der Waals surface area contributed by atoms with Crippen molar-refractivity contribution in [1.82, 2.24) is 10.2 Å². The molecule has 2 aliphatic rings. The van der Waals surface area contributed by atoms with Crippen LogP contribution in [-0.2, 0) is 11.2 Å². The molecular weight excluding hydrogens is 308 g/mol. The number of carbonyl (C=O) groups excluding carboxylic acids is 1. The van der Waals surface area contributed by atoms with E-state index in [9.17, 15) is 4.79 Å². The smallest absolute Gasteiger partial charge is 0.225 e. The van der Waals surface area contributed by atoms with Gasteiger partial charge in [-0.25, -0.2) is 0 Å². The molecule has 0 aromatic heterocycles. The number of piperidine rings is 2. The minimum atomic E-state index is 0. The second kappa shape index (κ2) is 9.29. The lowest BCUT2D eigenvalue weighted by Gasteiger charge is -2.35. The van der Waals surface area contributed by atoms with Gasteiger partial charge in [0, 0.05) is 19.0 Å². The third kappa shape index (κ3) is 5.22. The van der Waals surface area contributed by atoms with Crippen LogP contribution in [0.2, 0.25) is 0 Å². The van der Waals surface area contributed by atoms with E-state index >= 15 is 0 Å². The van der Waals surface area contributed by atoms with Crippen molar-refractivity contribution in [2.75, 3.05) is 26.2 Å². The van der Waals surface area contributed by atoms with E-state index in [-0.39, 0.29) is 18.3 Å². The van der Waals surface area contributed by atoms with Crippen LogP contribution >= 0.6 is 12.4 Å². The number of aryl methyl sites for hydroxylation is 1. The number of likely N-dealkylation sites (tertiary alicyclic amines) is 1. The Bertz CT molecular complexity index is 466. The zero-order chi connectivity index (χ0) is 15.2. The molecule has 0 saturated carbocycles. The van der Waals surface area contributed by atoms with Gasteiger partial charge < -0.3 is 10.2 Å². The summed E-state index contributed by atoms with van der Waals surface area (Å²) < 4.78 is 0. The Morgan fingerprint density at radius 2 is 1.70 bits per heavy atom. The fourth-order valence-electron chi connectivity index (χ4n) is 3.78. The van der Waals surface area contributed by atoms with Crippen molar-refractivity contribution in [1.29, 1.82) is 0 Å². The summed E-state index contributed by atoms with van der Waals surface area (Å²) in [6.07, 6.45) is 6.85. The van der Waals surface area contributed by atoms with Crippen LogP contribution in [0.25, 0.3) is 0 Å². The molecule has 1 amide bonds.